The summed E-state index contributed by atoms with van der Waals surface area (Å²) in [5.41, 5.74) is 0.384. The Morgan fingerprint density at radius 2 is 2.05 bits per heavy atom. The van der Waals surface area contributed by atoms with Gasteiger partial charge in [-0.05, 0) is 25.5 Å². The smallest absolute Gasteiger partial charge is 0.272 e. The fourth-order valence-corrected chi connectivity index (χ4v) is 2.52. The van der Waals surface area contributed by atoms with Gasteiger partial charge < -0.3 is 9.73 Å². The lowest BCUT2D eigenvalue weighted by Gasteiger charge is -2.17. The van der Waals surface area contributed by atoms with Crippen LogP contribution < -0.4 is 5.32 Å². The summed E-state index contributed by atoms with van der Waals surface area (Å²) in [4.78, 5) is 10.2. The molecular weight excluding hydrogens is 315 g/mol. The molecule has 0 saturated carbocycles. The average Bonchev–Trinajstić information content (AvgIpc) is 2.93. The molecule has 0 radical (unpaired) electrons. The average molecular weight is 329 g/mol. The molecule has 0 spiro atoms. The van der Waals surface area contributed by atoms with Crippen LogP contribution in [0.15, 0.2) is 34.9 Å². The third-order valence-corrected chi connectivity index (χ3v) is 3.63. The first-order chi connectivity index (χ1) is 9.97. The molecule has 2 aromatic rings. The van der Waals surface area contributed by atoms with Gasteiger partial charge in [-0.15, -0.1) is 0 Å². The number of furan rings is 1. The van der Waals surface area contributed by atoms with Crippen molar-refractivity contribution in [1.29, 1.82) is 0 Å². The van der Waals surface area contributed by atoms with E-state index >= 15 is 0 Å². The molecule has 0 fully saturated rings. The van der Waals surface area contributed by atoms with E-state index in [0.717, 1.165) is 18.6 Å². The molecule has 0 bridgehead atoms. The lowest BCUT2D eigenvalue weighted by Crippen LogP contribution is -2.16. The zero-order valence-electron chi connectivity index (χ0n) is 11.3. The van der Waals surface area contributed by atoms with Crippen molar-refractivity contribution in [2.75, 3.05) is 5.32 Å². The number of anilines is 1. The van der Waals surface area contributed by atoms with Crippen LogP contribution >= 0.6 is 23.2 Å². The SMILES string of the molecule is CC(CCc1ccco1)Nc1c(Cl)cc([N+](=O)[O-])cc1Cl. The van der Waals surface area contributed by atoms with Crippen molar-refractivity contribution in [2.45, 2.75) is 25.8 Å². The summed E-state index contributed by atoms with van der Waals surface area (Å²) in [6, 6.07) is 6.42. The molecule has 1 aromatic heterocycles. The van der Waals surface area contributed by atoms with Crippen LogP contribution in [0.25, 0.3) is 0 Å². The van der Waals surface area contributed by atoms with E-state index in [1.165, 1.54) is 12.1 Å². The fraction of sp³-hybridized carbons (Fsp3) is 0.286. The minimum atomic E-state index is -0.526. The monoisotopic (exact) mass is 328 g/mol. The second-order valence-corrected chi connectivity index (χ2v) is 5.52. The number of hydrogen-bond donors (Lipinski definition) is 1. The molecule has 0 amide bonds. The van der Waals surface area contributed by atoms with Crippen LogP contribution in [0.2, 0.25) is 10.0 Å². The van der Waals surface area contributed by atoms with Crippen molar-refractivity contribution >= 4 is 34.6 Å². The summed E-state index contributed by atoms with van der Waals surface area (Å²) in [5, 5.41) is 14.4. The highest BCUT2D eigenvalue weighted by molar-refractivity contribution is 6.39. The van der Waals surface area contributed by atoms with Crippen LogP contribution in [0.3, 0.4) is 0 Å². The van der Waals surface area contributed by atoms with Crippen LogP contribution in [0, 0.1) is 10.1 Å². The van der Waals surface area contributed by atoms with Gasteiger partial charge in [0.25, 0.3) is 5.69 Å². The number of nitrogens with zero attached hydrogens (tertiary/aromatic N) is 1. The van der Waals surface area contributed by atoms with Crippen LogP contribution in [-0.4, -0.2) is 11.0 Å². The largest absolute Gasteiger partial charge is 0.469 e. The Balaban J connectivity index is 2.03. The Morgan fingerprint density at radius 3 is 2.57 bits per heavy atom. The Bertz CT molecular complexity index is 606. The maximum absolute atomic E-state index is 10.7. The topological polar surface area (TPSA) is 68.3 Å². The summed E-state index contributed by atoms with van der Waals surface area (Å²) >= 11 is 12.1. The molecule has 1 aromatic carbocycles. The van der Waals surface area contributed by atoms with Gasteiger partial charge in [0.05, 0.1) is 26.9 Å². The van der Waals surface area contributed by atoms with Crippen molar-refractivity contribution in [3.63, 3.8) is 0 Å². The molecule has 7 heteroatoms. The van der Waals surface area contributed by atoms with Crippen LogP contribution in [0.1, 0.15) is 19.1 Å². The summed E-state index contributed by atoms with van der Waals surface area (Å²) in [7, 11) is 0. The molecule has 0 aliphatic carbocycles. The maximum atomic E-state index is 10.7. The van der Waals surface area contributed by atoms with E-state index in [1.54, 1.807) is 6.26 Å². The van der Waals surface area contributed by atoms with E-state index in [9.17, 15) is 10.1 Å². The molecule has 0 aliphatic heterocycles. The quantitative estimate of drug-likeness (QED) is 0.603. The number of non-ortho nitro benzene ring substituents is 1. The second-order valence-electron chi connectivity index (χ2n) is 4.70. The van der Waals surface area contributed by atoms with E-state index < -0.39 is 4.92 Å². The molecule has 1 heterocycles. The number of hydrogen-bond acceptors (Lipinski definition) is 4. The first kappa shape index (κ1) is 15.7. The fourth-order valence-electron chi connectivity index (χ4n) is 1.94. The van der Waals surface area contributed by atoms with Gasteiger partial charge in [-0.25, -0.2) is 0 Å². The summed E-state index contributed by atoms with van der Waals surface area (Å²) in [6.07, 6.45) is 3.23. The Labute approximate surface area is 132 Å². The van der Waals surface area contributed by atoms with Gasteiger partial charge in [-0.2, -0.15) is 0 Å². The van der Waals surface area contributed by atoms with Crippen LogP contribution in [0.5, 0.6) is 0 Å². The summed E-state index contributed by atoms with van der Waals surface area (Å²) < 4.78 is 5.27. The number of rotatable bonds is 6. The van der Waals surface area contributed by atoms with E-state index in [1.807, 2.05) is 19.1 Å². The van der Waals surface area contributed by atoms with Gasteiger partial charge in [0.2, 0.25) is 0 Å². The molecule has 1 N–H and O–H groups in total. The highest BCUT2D eigenvalue weighted by Gasteiger charge is 2.16. The van der Waals surface area contributed by atoms with Crippen molar-refractivity contribution < 1.29 is 9.34 Å². The Morgan fingerprint density at radius 1 is 1.38 bits per heavy atom. The number of benzene rings is 1. The minimum absolute atomic E-state index is 0.0894. The van der Waals surface area contributed by atoms with Crippen molar-refractivity contribution in [2.24, 2.45) is 0 Å². The van der Waals surface area contributed by atoms with Gasteiger partial charge in [-0.1, -0.05) is 23.2 Å². The highest BCUT2D eigenvalue weighted by Crippen LogP contribution is 2.35. The van der Waals surface area contributed by atoms with Gasteiger partial charge in [0.15, 0.2) is 0 Å². The molecule has 0 aliphatic rings. The summed E-state index contributed by atoms with van der Waals surface area (Å²) in [6.45, 7) is 1.98. The number of aryl methyl sites for hydroxylation is 1. The molecule has 112 valence electrons. The predicted molar refractivity (Wildman–Crippen MR) is 83.2 cm³/mol. The standard InChI is InChI=1S/C14H14Cl2N2O3/c1-9(4-5-11-3-2-6-21-11)17-14-12(15)7-10(18(19)20)8-13(14)16/h2-3,6-9,17H,4-5H2,1H3. The maximum Gasteiger partial charge on any atom is 0.272 e. The van der Waals surface area contributed by atoms with E-state index in [-0.39, 0.29) is 21.8 Å². The first-order valence-electron chi connectivity index (χ1n) is 6.39. The zero-order valence-corrected chi connectivity index (χ0v) is 12.8. The minimum Gasteiger partial charge on any atom is -0.469 e. The van der Waals surface area contributed by atoms with Crippen LogP contribution in [0.4, 0.5) is 11.4 Å². The third-order valence-electron chi connectivity index (χ3n) is 3.03. The zero-order chi connectivity index (χ0) is 15.4. The predicted octanol–water partition coefficient (Wildman–Crippen LogP) is 4.93. The van der Waals surface area contributed by atoms with Crippen molar-refractivity contribution in [1.82, 2.24) is 0 Å². The van der Waals surface area contributed by atoms with Gasteiger partial charge in [0, 0.05) is 24.6 Å². The molecule has 0 saturated heterocycles. The number of nitro benzene ring substituents is 1. The Kier molecular flexibility index (Phi) is 5.09. The third kappa shape index (κ3) is 4.12. The van der Waals surface area contributed by atoms with Crippen LogP contribution in [-0.2, 0) is 6.42 Å². The number of halogens is 2. The number of nitro groups is 1. The highest BCUT2D eigenvalue weighted by atomic mass is 35.5. The van der Waals surface area contributed by atoms with E-state index in [2.05, 4.69) is 5.32 Å². The molecule has 1 atom stereocenters. The lowest BCUT2D eigenvalue weighted by atomic mass is 10.1. The molecular formula is C14H14Cl2N2O3. The Hall–Kier alpha value is -1.72. The lowest BCUT2D eigenvalue weighted by molar-refractivity contribution is -0.384. The van der Waals surface area contributed by atoms with Gasteiger partial charge >= 0.3 is 0 Å². The summed E-state index contributed by atoms with van der Waals surface area (Å²) in [5.74, 6) is 0.907. The molecule has 2 rings (SSSR count). The van der Waals surface area contributed by atoms with Crippen molar-refractivity contribution in [3.8, 4) is 0 Å². The van der Waals surface area contributed by atoms with Gasteiger partial charge in [0.1, 0.15) is 5.76 Å². The van der Waals surface area contributed by atoms with E-state index in [0.29, 0.717) is 5.69 Å². The normalized spacial score (nSPS) is 12.1. The molecule has 21 heavy (non-hydrogen) atoms. The first-order valence-corrected chi connectivity index (χ1v) is 7.15. The second kappa shape index (κ2) is 6.83. The van der Waals surface area contributed by atoms with Crippen molar-refractivity contribution in [3.05, 3.63) is 56.4 Å². The molecule has 1 unspecified atom stereocenters. The molecule has 5 nitrogen and oxygen atoms in total. The number of nitrogens with one attached hydrogen (secondary N) is 1. The van der Waals surface area contributed by atoms with E-state index in [4.69, 9.17) is 27.6 Å². The van der Waals surface area contributed by atoms with Gasteiger partial charge in [-0.3, -0.25) is 10.1 Å².